The minimum atomic E-state index is -0.125. The smallest absolute Gasteiger partial charge is 0.274 e. The molecular formula is C32H39N5O3. The number of para-hydroxylation sites is 1. The normalized spacial score (nSPS) is 17.6. The van der Waals surface area contributed by atoms with Gasteiger partial charge < -0.3 is 19.4 Å². The highest BCUT2D eigenvalue weighted by Gasteiger charge is 2.38. The first-order valence-corrected chi connectivity index (χ1v) is 14.3. The zero-order valence-corrected chi connectivity index (χ0v) is 23.6. The molecule has 0 radical (unpaired) electrons. The second kappa shape index (κ2) is 12.5. The third-order valence-electron chi connectivity index (χ3n) is 8.31. The number of benzene rings is 2. The lowest BCUT2D eigenvalue weighted by Crippen LogP contribution is -2.50. The van der Waals surface area contributed by atoms with E-state index in [1.165, 1.54) is 11.8 Å². The Bertz CT molecular complexity index is 1300. The summed E-state index contributed by atoms with van der Waals surface area (Å²) in [5.74, 6) is 0.847. The van der Waals surface area contributed by atoms with Crippen molar-refractivity contribution in [1.29, 1.82) is 0 Å². The summed E-state index contributed by atoms with van der Waals surface area (Å²) in [7, 11) is 3.96. The topological polar surface area (TPSA) is 78.9 Å². The first-order valence-electron chi connectivity index (χ1n) is 14.3. The van der Waals surface area contributed by atoms with Crippen LogP contribution in [0.4, 0.5) is 5.69 Å². The van der Waals surface area contributed by atoms with Gasteiger partial charge in [0.05, 0.1) is 12.7 Å². The summed E-state index contributed by atoms with van der Waals surface area (Å²) in [6, 6.07) is 16.0. The number of aromatic nitrogens is 2. The summed E-state index contributed by atoms with van der Waals surface area (Å²) in [5, 5.41) is 0. The number of rotatable bonds is 3. The SMILES string of the molecule is CN(C)c1cccc(C(=O)N2CCC3(CCCCc4ccccc4OCCN(C(=O)c4cnccn4)C3)CC2)c1. The largest absolute Gasteiger partial charge is 0.491 e. The molecule has 2 amide bonds. The minimum Gasteiger partial charge on any atom is -0.491 e. The number of amides is 2. The molecule has 0 aliphatic carbocycles. The molecule has 1 aromatic heterocycles. The van der Waals surface area contributed by atoms with Crippen molar-refractivity contribution < 1.29 is 14.3 Å². The summed E-state index contributed by atoms with van der Waals surface area (Å²) in [6.45, 7) is 2.85. The highest BCUT2D eigenvalue weighted by molar-refractivity contribution is 5.95. The van der Waals surface area contributed by atoms with Crippen molar-refractivity contribution in [2.24, 2.45) is 5.41 Å². The number of carbonyl (C=O) groups excluding carboxylic acids is 2. The number of anilines is 1. The molecule has 0 unspecified atom stereocenters. The molecule has 1 fully saturated rings. The van der Waals surface area contributed by atoms with Gasteiger partial charge in [-0.3, -0.25) is 14.6 Å². The molecule has 8 nitrogen and oxygen atoms in total. The van der Waals surface area contributed by atoms with E-state index in [-0.39, 0.29) is 17.2 Å². The number of piperidine rings is 1. The molecule has 1 spiro atoms. The summed E-state index contributed by atoms with van der Waals surface area (Å²) >= 11 is 0. The van der Waals surface area contributed by atoms with Crippen molar-refractivity contribution in [3.63, 3.8) is 0 Å². The number of ether oxygens (including phenoxy) is 1. The second-order valence-electron chi connectivity index (χ2n) is 11.2. The van der Waals surface area contributed by atoms with Gasteiger partial charge in [0.1, 0.15) is 18.1 Å². The Balaban J connectivity index is 1.35. The van der Waals surface area contributed by atoms with Crippen LogP contribution in [0.1, 0.15) is 58.5 Å². The lowest BCUT2D eigenvalue weighted by molar-refractivity contribution is 0.0325. The Hall–Kier alpha value is -3.94. The monoisotopic (exact) mass is 541 g/mol. The van der Waals surface area contributed by atoms with Gasteiger partial charge in [0.2, 0.25) is 0 Å². The molecule has 3 aromatic rings. The van der Waals surface area contributed by atoms with Crippen molar-refractivity contribution in [3.05, 3.63) is 83.9 Å². The third-order valence-corrected chi connectivity index (χ3v) is 8.31. The van der Waals surface area contributed by atoms with E-state index in [0.29, 0.717) is 38.5 Å². The Morgan fingerprint density at radius 2 is 1.73 bits per heavy atom. The van der Waals surface area contributed by atoms with E-state index in [1.807, 2.05) is 65.2 Å². The van der Waals surface area contributed by atoms with Crippen LogP contribution >= 0.6 is 0 Å². The van der Waals surface area contributed by atoms with E-state index in [2.05, 4.69) is 22.1 Å². The average molecular weight is 542 g/mol. The van der Waals surface area contributed by atoms with Crippen LogP contribution in [0, 0.1) is 5.41 Å². The zero-order chi connectivity index (χ0) is 28.0. The van der Waals surface area contributed by atoms with Crippen molar-refractivity contribution >= 4 is 17.5 Å². The molecule has 2 aliphatic rings. The minimum absolute atomic E-state index is 0.0706. The number of likely N-dealkylation sites (tertiary alicyclic amines) is 1. The van der Waals surface area contributed by atoms with Crippen LogP contribution in [0.2, 0.25) is 0 Å². The maximum atomic E-state index is 13.6. The van der Waals surface area contributed by atoms with Gasteiger partial charge >= 0.3 is 0 Å². The third kappa shape index (κ3) is 6.43. The van der Waals surface area contributed by atoms with Crippen LogP contribution in [-0.2, 0) is 6.42 Å². The Kier molecular flexibility index (Phi) is 8.63. The Morgan fingerprint density at radius 1 is 0.900 bits per heavy atom. The molecule has 5 rings (SSSR count). The molecule has 8 heteroatoms. The van der Waals surface area contributed by atoms with Gasteiger partial charge in [-0.2, -0.15) is 0 Å². The highest BCUT2D eigenvalue weighted by atomic mass is 16.5. The molecular weight excluding hydrogens is 502 g/mol. The molecule has 0 N–H and O–H groups in total. The van der Waals surface area contributed by atoms with Crippen LogP contribution in [-0.4, -0.2) is 78.5 Å². The van der Waals surface area contributed by atoms with E-state index in [1.54, 1.807) is 12.4 Å². The Labute approximate surface area is 237 Å². The van der Waals surface area contributed by atoms with Gasteiger partial charge in [0.15, 0.2) is 0 Å². The maximum Gasteiger partial charge on any atom is 0.274 e. The lowest BCUT2D eigenvalue weighted by atomic mass is 9.73. The maximum absolute atomic E-state index is 13.6. The number of hydrogen-bond donors (Lipinski definition) is 0. The fraction of sp³-hybridized carbons (Fsp3) is 0.438. The lowest BCUT2D eigenvalue weighted by Gasteiger charge is -2.45. The van der Waals surface area contributed by atoms with Crippen molar-refractivity contribution in [2.75, 3.05) is 51.8 Å². The number of nitrogens with zero attached hydrogens (tertiary/aromatic N) is 5. The van der Waals surface area contributed by atoms with Crippen molar-refractivity contribution in [3.8, 4) is 5.75 Å². The fourth-order valence-corrected chi connectivity index (χ4v) is 5.93. The van der Waals surface area contributed by atoms with Gasteiger partial charge in [-0.15, -0.1) is 0 Å². The summed E-state index contributed by atoms with van der Waals surface area (Å²) < 4.78 is 6.19. The second-order valence-corrected chi connectivity index (χ2v) is 11.2. The summed E-state index contributed by atoms with van der Waals surface area (Å²) in [4.78, 5) is 41.4. The van der Waals surface area contributed by atoms with E-state index >= 15 is 0 Å². The average Bonchev–Trinajstić information content (AvgIpc) is 2.99. The molecule has 3 heterocycles. The molecule has 40 heavy (non-hydrogen) atoms. The van der Waals surface area contributed by atoms with E-state index in [4.69, 9.17) is 4.74 Å². The first kappa shape index (κ1) is 27.6. The molecule has 0 saturated carbocycles. The quantitative estimate of drug-likeness (QED) is 0.478. The molecule has 2 aromatic carbocycles. The van der Waals surface area contributed by atoms with E-state index < -0.39 is 0 Å². The molecule has 2 aliphatic heterocycles. The molecule has 0 bridgehead atoms. The van der Waals surface area contributed by atoms with Gasteiger partial charge in [0, 0.05) is 57.4 Å². The van der Waals surface area contributed by atoms with Crippen LogP contribution in [0.15, 0.2) is 67.1 Å². The number of hydrogen-bond acceptors (Lipinski definition) is 6. The zero-order valence-electron chi connectivity index (χ0n) is 23.6. The Morgan fingerprint density at radius 3 is 2.50 bits per heavy atom. The number of carbonyl (C=O) groups is 2. The standard InChI is InChI=1S/C32H39N5O3/c1-35(2)27-11-7-10-26(22-27)30(38)36-18-14-32(15-19-36)13-6-5-9-25-8-3-4-12-29(25)40-21-20-37(24-32)31(39)28-23-33-16-17-34-28/h3-4,7-8,10-12,16-17,22-23H,5-6,9,13-15,18-21,24H2,1-2H3. The predicted molar refractivity (Wildman–Crippen MR) is 156 cm³/mol. The molecule has 1 saturated heterocycles. The van der Waals surface area contributed by atoms with E-state index in [0.717, 1.165) is 55.5 Å². The predicted octanol–water partition coefficient (Wildman–Crippen LogP) is 4.71. The van der Waals surface area contributed by atoms with Gasteiger partial charge in [0.25, 0.3) is 11.8 Å². The number of fused-ring (bicyclic) bond motifs is 1. The van der Waals surface area contributed by atoms with Crippen LogP contribution in [0.25, 0.3) is 0 Å². The van der Waals surface area contributed by atoms with Gasteiger partial charge in [-0.25, -0.2) is 4.98 Å². The van der Waals surface area contributed by atoms with Gasteiger partial charge in [-0.05, 0) is 67.3 Å². The van der Waals surface area contributed by atoms with Crippen LogP contribution in [0.3, 0.4) is 0 Å². The van der Waals surface area contributed by atoms with Crippen molar-refractivity contribution in [2.45, 2.75) is 38.5 Å². The first-order chi connectivity index (χ1) is 19.4. The summed E-state index contributed by atoms with van der Waals surface area (Å²) in [6.07, 6.45) is 10.5. The summed E-state index contributed by atoms with van der Waals surface area (Å²) in [5.41, 5.74) is 3.22. The number of aryl methyl sites for hydroxylation is 1. The van der Waals surface area contributed by atoms with Crippen molar-refractivity contribution in [1.82, 2.24) is 19.8 Å². The fourth-order valence-electron chi connectivity index (χ4n) is 5.93. The van der Waals surface area contributed by atoms with Crippen LogP contribution in [0.5, 0.6) is 5.75 Å². The molecule has 0 atom stereocenters. The van der Waals surface area contributed by atoms with E-state index in [9.17, 15) is 9.59 Å². The molecule has 210 valence electrons. The van der Waals surface area contributed by atoms with Gasteiger partial charge in [-0.1, -0.05) is 30.7 Å². The highest BCUT2D eigenvalue weighted by Crippen LogP contribution is 2.39. The van der Waals surface area contributed by atoms with Crippen LogP contribution < -0.4 is 9.64 Å².